The van der Waals surface area contributed by atoms with E-state index in [1.165, 1.54) is 7.11 Å². The van der Waals surface area contributed by atoms with E-state index >= 15 is 0 Å². The van der Waals surface area contributed by atoms with Crippen LogP contribution in [0.25, 0.3) is 0 Å². The summed E-state index contributed by atoms with van der Waals surface area (Å²) in [6, 6.07) is 0. The smallest absolute Gasteiger partial charge is 0.382 e. The van der Waals surface area contributed by atoms with Gasteiger partial charge < -0.3 is 19.9 Å². The molecule has 0 saturated heterocycles. The van der Waals surface area contributed by atoms with Crippen molar-refractivity contribution < 1.29 is 32.5 Å². The molecule has 0 radical (unpaired) electrons. The summed E-state index contributed by atoms with van der Waals surface area (Å²) >= 11 is 0. The van der Waals surface area contributed by atoms with Gasteiger partial charge in [-0.05, 0) is 0 Å². The van der Waals surface area contributed by atoms with Gasteiger partial charge in [0.15, 0.2) is 6.10 Å². The maximum Gasteiger partial charge on any atom is 0.416 e. The van der Waals surface area contributed by atoms with Crippen molar-refractivity contribution in [1.29, 1.82) is 0 Å². The van der Waals surface area contributed by atoms with Crippen LogP contribution >= 0.6 is 0 Å². The van der Waals surface area contributed by atoms with Gasteiger partial charge in [0.1, 0.15) is 6.61 Å². The number of halogens is 3. The lowest BCUT2D eigenvalue weighted by molar-refractivity contribution is -0.202. The quantitative estimate of drug-likeness (QED) is 0.604. The van der Waals surface area contributed by atoms with Gasteiger partial charge in [-0.2, -0.15) is 13.2 Å². The van der Waals surface area contributed by atoms with E-state index in [1.54, 1.807) is 0 Å². The SMILES string of the molecule is COCCOCC(=O)NCC(O)C(F)(F)F. The Morgan fingerprint density at radius 2 is 2.06 bits per heavy atom. The standard InChI is InChI=1S/C8H14F3NO4/c1-15-2-3-16-5-7(14)12-4-6(13)8(9,10)11/h6,13H,2-5H2,1H3,(H,12,14). The third-order valence-corrected chi connectivity index (χ3v) is 1.54. The van der Waals surface area contributed by atoms with Gasteiger partial charge >= 0.3 is 6.18 Å². The topological polar surface area (TPSA) is 67.8 Å². The van der Waals surface area contributed by atoms with Gasteiger partial charge in [0, 0.05) is 7.11 Å². The van der Waals surface area contributed by atoms with Crippen LogP contribution in [0.3, 0.4) is 0 Å². The van der Waals surface area contributed by atoms with Crippen LogP contribution in [0.2, 0.25) is 0 Å². The lowest BCUT2D eigenvalue weighted by Crippen LogP contribution is -2.41. The maximum absolute atomic E-state index is 11.8. The Bertz CT molecular complexity index is 210. The molecule has 0 saturated carbocycles. The zero-order valence-electron chi connectivity index (χ0n) is 8.71. The molecule has 0 heterocycles. The molecular formula is C8H14F3NO4. The molecule has 16 heavy (non-hydrogen) atoms. The van der Waals surface area contributed by atoms with Gasteiger partial charge in [-0.25, -0.2) is 0 Å². The fourth-order valence-corrected chi connectivity index (χ4v) is 0.684. The van der Waals surface area contributed by atoms with Gasteiger partial charge in [0.05, 0.1) is 19.8 Å². The van der Waals surface area contributed by atoms with Crippen LogP contribution in [0, 0.1) is 0 Å². The number of carbonyl (C=O) groups is 1. The van der Waals surface area contributed by atoms with E-state index in [0.717, 1.165) is 0 Å². The molecule has 5 nitrogen and oxygen atoms in total. The number of nitrogens with one attached hydrogen (secondary N) is 1. The molecule has 0 aromatic heterocycles. The highest BCUT2D eigenvalue weighted by Crippen LogP contribution is 2.18. The van der Waals surface area contributed by atoms with Crippen LogP contribution < -0.4 is 5.32 Å². The highest BCUT2D eigenvalue weighted by molar-refractivity contribution is 5.77. The van der Waals surface area contributed by atoms with Crippen LogP contribution in [0.1, 0.15) is 0 Å². The molecule has 1 atom stereocenters. The third-order valence-electron chi connectivity index (χ3n) is 1.54. The molecule has 0 bridgehead atoms. The second kappa shape index (κ2) is 7.42. The first kappa shape index (κ1) is 15.1. The predicted octanol–water partition coefficient (Wildman–Crippen LogP) is -0.311. The third kappa shape index (κ3) is 7.43. The van der Waals surface area contributed by atoms with E-state index in [0.29, 0.717) is 6.61 Å². The number of ether oxygens (including phenoxy) is 2. The first-order chi connectivity index (χ1) is 7.38. The highest BCUT2D eigenvalue weighted by Gasteiger charge is 2.38. The molecule has 0 aromatic carbocycles. The molecular weight excluding hydrogens is 231 g/mol. The summed E-state index contributed by atoms with van der Waals surface area (Å²) in [4.78, 5) is 10.9. The van der Waals surface area contributed by atoms with Crippen molar-refractivity contribution in [2.45, 2.75) is 12.3 Å². The van der Waals surface area contributed by atoms with Crippen LogP contribution in [0.15, 0.2) is 0 Å². The van der Waals surface area contributed by atoms with Crippen LogP contribution in [0.5, 0.6) is 0 Å². The average Bonchev–Trinajstić information content (AvgIpc) is 2.19. The number of rotatable bonds is 7. The molecule has 1 unspecified atom stereocenters. The molecule has 0 spiro atoms. The van der Waals surface area contributed by atoms with Gasteiger partial charge in [0.25, 0.3) is 0 Å². The van der Waals surface area contributed by atoms with E-state index in [4.69, 9.17) is 9.84 Å². The van der Waals surface area contributed by atoms with Crippen molar-refractivity contribution in [2.24, 2.45) is 0 Å². The van der Waals surface area contributed by atoms with E-state index in [2.05, 4.69) is 4.74 Å². The van der Waals surface area contributed by atoms with Gasteiger partial charge in [-0.15, -0.1) is 0 Å². The number of alkyl halides is 3. The Labute approximate surface area is 90.5 Å². The minimum atomic E-state index is -4.73. The summed E-state index contributed by atoms with van der Waals surface area (Å²) in [7, 11) is 1.45. The number of methoxy groups -OCH3 is 1. The number of aliphatic hydroxyl groups excluding tert-OH is 1. The number of amides is 1. The van der Waals surface area contributed by atoms with E-state index in [-0.39, 0.29) is 13.2 Å². The van der Waals surface area contributed by atoms with Gasteiger partial charge in [0.2, 0.25) is 5.91 Å². The van der Waals surface area contributed by atoms with Crippen molar-refractivity contribution in [1.82, 2.24) is 5.32 Å². The predicted molar refractivity (Wildman–Crippen MR) is 47.8 cm³/mol. The molecule has 0 fully saturated rings. The summed E-state index contributed by atoms with van der Waals surface area (Å²) in [6.45, 7) is -0.784. The van der Waals surface area contributed by atoms with E-state index < -0.39 is 24.7 Å². The molecule has 96 valence electrons. The lowest BCUT2D eigenvalue weighted by Gasteiger charge is -2.14. The van der Waals surface area contributed by atoms with Crippen molar-refractivity contribution in [3.05, 3.63) is 0 Å². The van der Waals surface area contributed by atoms with Crippen LogP contribution in [0.4, 0.5) is 13.2 Å². The summed E-state index contributed by atoms with van der Waals surface area (Å²) in [5.41, 5.74) is 0. The molecule has 0 aromatic rings. The van der Waals surface area contributed by atoms with E-state index in [9.17, 15) is 18.0 Å². The molecule has 0 aliphatic heterocycles. The first-order valence-electron chi connectivity index (χ1n) is 4.46. The average molecular weight is 245 g/mol. The Kier molecular flexibility index (Phi) is 7.02. The Morgan fingerprint density at radius 1 is 1.44 bits per heavy atom. The minimum absolute atomic E-state index is 0.172. The van der Waals surface area contributed by atoms with Crippen molar-refractivity contribution >= 4 is 5.91 Å². The Hall–Kier alpha value is -0.860. The normalized spacial score (nSPS) is 13.6. The fraction of sp³-hybridized carbons (Fsp3) is 0.875. The summed E-state index contributed by atoms with van der Waals surface area (Å²) in [6.07, 6.45) is -7.29. The molecule has 1 amide bonds. The summed E-state index contributed by atoms with van der Waals surface area (Å²) < 4.78 is 44.8. The van der Waals surface area contributed by atoms with Gasteiger partial charge in [-0.3, -0.25) is 4.79 Å². The maximum atomic E-state index is 11.8. The van der Waals surface area contributed by atoms with Crippen molar-refractivity contribution in [3.63, 3.8) is 0 Å². The molecule has 2 N–H and O–H groups in total. The Morgan fingerprint density at radius 3 is 2.56 bits per heavy atom. The highest BCUT2D eigenvalue weighted by atomic mass is 19.4. The largest absolute Gasteiger partial charge is 0.416 e. The number of hydrogen-bond donors (Lipinski definition) is 2. The first-order valence-corrected chi connectivity index (χ1v) is 4.46. The zero-order valence-corrected chi connectivity index (χ0v) is 8.71. The van der Waals surface area contributed by atoms with Gasteiger partial charge in [-0.1, -0.05) is 0 Å². The summed E-state index contributed by atoms with van der Waals surface area (Å²) in [5, 5.41) is 10.4. The molecule has 0 aliphatic carbocycles. The molecule has 0 rings (SSSR count). The lowest BCUT2D eigenvalue weighted by atomic mass is 10.3. The second-order valence-corrected chi connectivity index (χ2v) is 2.91. The van der Waals surface area contributed by atoms with E-state index in [1.807, 2.05) is 5.32 Å². The fourth-order valence-electron chi connectivity index (χ4n) is 0.684. The molecule has 0 aliphatic rings. The monoisotopic (exact) mass is 245 g/mol. The van der Waals surface area contributed by atoms with Crippen LogP contribution in [-0.2, 0) is 14.3 Å². The summed E-state index contributed by atoms with van der Waals surface area (Å²) in [5.74, 6) is -0.723. The molecule has 8 heteroatoms. The number of carbonyl (C=O) groups excluding carboxylic acids is 1. The van der Waals surface area contributed by atoms with Crippen LogP contribution in [-0.4, -0.2) is 56.8 Å². The Balaban J connectivity index is 3.58. The minimum Gasteiger partial charge on any atom is -0.382 e. The second-order valence-electron chi connectivity index (χ2n) is 2.91. The van der Waals surface area contributed by atoms with Crippen molar-refractivity contribution in [3.8, 4) is 0 Å². The zero-order chi connectivity index (χ0) is 12.6. The number of hydrogen-bond acceptors (Lipinski definition) is 4. The van der Waals surface area contributed by atoms with Crippen molar-refractivity contribution in [2.75, 3.05) is 33.5 Å². The number of aliphatic hydroxyl groups is 1.